The Morgan fingerprint density at radius 3 is 2.45 bits per heavy atom. The van der Waals surface area contributed by atoms with Gasteiger partial charge in [0.05, 0.1) is 12.7 Å². The molecule has 0 bridgehead atoms. The molecule has 0 aromatic heterocycles. The lowest BCUT2D eigenvalue weighted by molar-refractivity contribution is -0.0484. The largest absolute Gasteiger partial charge is 0.507 e. The zero-order valence-corrected chi connectivity index (χ0v) is 13.5. The third-order valence-corrected chi connectivity index (χ3v) is 4.31. The number of hydrogen-bond donors (Lipinski definition) is 1. The Balaban J connectivity index is 2.35. The molecule has 112 valence electrons. The Hall–Kier alpha value is -1.22. The van der Waals surface area contributed by atoms with Gasteiger partial charge in [-0.15, -0.1) is 0 Å². The zero-order chi connectivity index (χ0) is 15.1. The number of phenolic OH excluding ortho intramolecular Hbond substituents is 1. The Bertz CT molecular complexity index is 520. The van der Waals surface area contributed by atoms with E-state index in [-0.39, 0.29) is 11.7 Å². The monoisotopic (exact) mass is 278 g/mol. The van der Waals surface area contributed by atoms with E-state index in [2.05, 4.69) is 6.92 Å². The van der Waals surface area contributed by atoms with Crippen LogP contribution in [0.1, 0.15) is 49.4 Å². The lowest BCUT2D eigenvalue weighted by atomic mass is 9.87. The molecule has 3 nitrogen and oxygen atoms in total. The summed E-state index contributed by atoms with van der Waals surface area (Å²) in [5, 5.41) is 10.2. The first-order valence-corrected chi connectivity index (χ1v) is 7.37. The standard InChI is InChI=1S/C17H26O3/c1-10(2)19-9-17(6)8-7-14-13(5)15(18)11(3)12(4)16(14)20-17/h10,18H,7-9H2,1-6H3. The summed E-state index contributed by atoms with van der Waals surface area (Å²) in [4.78, 5) is 0. The van der Waals surface area contributed by atoms with Crippen LogP contribution in [0.5, 0.6) is 11.5 Å². The van der Waals surface area contributed by atoms with Crippen molar-refractivity contribution in [3.63, 3.8) is 0 Å². The van der Waals surface area contributed by atoms with Crippen molar-refractivity contribution in [2.24, 2.45) is 0 Å². The smallest absolute Gasteiger partial charge is 0.130 e. The predicted octanol–water partition coefficient (Wildman–Crippen LogP) is 3.83. The van der Waals surface area contributed by atoms with Crippen LogP contribution in [0.15, 0.2) is 0 Å². The number of phenols is 1. The molecule has 1 aliphatic rings. The Labute approximate surface area is 121 Å². The van der Waals surface area contributed by atoms with Crippen molar-refractivity contribution in [1.82, 2.24) is 0 Å². The van der Waals surface area contributed by atoms with Gasteiger partial charge in [-0.25, -0.2) is 0 Å². The van der Waals surface area contributed by atoms with Crippen LogP contribution < -0.4 is 4.74 Å². The van der Waals surface area contributed by atoms with E-state index < -0.39 is 0 Å². The SMILES string of the molecule is Cc1c(C)c2c(c(C)c1O)CCC(C)(COC(C)C)O2. The van der Waals surface area contributed by atoms with E-state index in [1.165, 1.54) is 0 Å². The second kappa shape index (κ2) is 5.28. The minimum atomic E-state index is -0.280. The minimum absolute atomic E-state index is 0.209. The van der Waals surface area contributed by atoms with E-state index in [0.717, 1.165) is 40.8 Å². The molecule has 2 rings (SSSR count). The maximum absolute atomic E-state index is 10.2. The molecule has 1 aromatic rings. The highest BCUT2D eigenvalue weighted by atomic mass is 16.5. The fourth-order valence-electron chi connectivity index (χ4n) is 2.74. The number of rotatable bonds is 3. The van der Waals surface area contributed by atoms with Gasteiger partial charge in [0.1, 0.15) is 17.1 Å². The van der Waals surface area contributed by atoms with Gasteiger partial charge in [0.25, 0.3) is 0 Å². The quantitative estimate of drug-likeness (QED) is 0.913. The maximum Gasteiger partial charge on any atom is 0.130 e. The zero-order valence-electron chi connectivity index (χ0n) is 13.5. The van der Waals surface area contributed by atoms with Crippen molar-refractivity contribution >= 4 is 0 Å². The van der Waals surface area contributed by atoms with Crippen molar-refractivity contribution in [1.29, 1.82) is 0 Å². The Morgan fingerprint density at radius 2 is 1.85 bits per heavy atom. The van der Waals surface area contributed by atoms with Crippen LogP contribution in [0.25, 0.3) is 0 Å². The molecular weight excluding hydrogens is 252 g/mol. The molecule has 20 heavy (non-hydrogen) atoms. The van der Waals surface area contributed by atoms with E-state index >= 15 is 0 Å². The lowest BCUT2D eigenvalue weighted by Gasteiger charge is -2.38. The van der Waals surface area contributed by atoms with Crippen molar-refractivity contribution in [2.75, 3.05) is 6.61 Å². The molecule has 0 saturated heterocycles. The average molecular weight is 278 g/mol. The fourth-order valence-corrected chi connectivity index (χ4v) is 2.74. The third-order valence-electron chi connectivity index (χ3n) is 4.31. The van der Waals surface area contributed by atoms with Crippen LogP contribution in [-0.2, 0) is 11.2 Å². The second-order valence-corrected chi connectivity index (χ2v) is 6.44. The summed E-state index contributed by atoms with van der Waals surface area (Å²) in [7, 11) is 0. The molecule has 0 radical (unpaired) electrons. The van der Waals surface area contributed by atoms with E-state index in [4.69, 9.17) is 9.47 Å². The number of fused-ring (bicyclic) bond motifs is 1. The summed E-state index contributed by atoms with van der Waals surface area (Å²) in [5.74, 6) is 1.35. The highest BCUT2D eigenvalue weighted by Crippen LogP contribution is 2.43. The molecule has 0 spiro atoms. The molecule has 0 amide bonds. The molecule has 1 aromatic carbocycles. The Morgan fingerprint density at radius 1 is 1.20 bits per heavy atom. The van der Waals surface area contributed by atoms with Gasteiger partial charge in [-0.2, -0.15) is 0 Å². The van der Waals surface area contributed by atoms with Gasteiger partial charge in [-0.3, -0.25) is 0 Å². The average Bonchev–Trinajstić information content (AvgIpc) is 2.41. The van der Waals surface area contributed by atoms with Crippen molar-refractivity contribution in [3.05, 3.63) is 22.3 Å². The fraction of sp³-hybridized carbons (Fsp3) is 0.647. The van der Waals surface area contributed by atoms with Crippen molar-refractivity contribution in [3.8, 4) is 11.5 Å². The van der Waals surface area contributed by atoms with Gasteiger partial charge in [0.15, 0.2) is 0 Å². The Kier molecular flexibility index (Phi) is 4.01. The van der Waals surface area contributed by atoms with Crippen molar-refractivity contribution < 1.29 is 14.6 Å². The molecular formula is C17H26O3. The van der Waals surface area contributed by atoms with Gasteiger partial charge >= 0.3 is 0 Å². The first-order valence-electron chi connectivity index (χ1n) is 7.37. The van der Waals surface area contributed by atoms with Gasteiger partial charge in [0, 0.05) is 5.56 Å². The van der Waals surface area contributed by atoms with Crippen molar-refractivity contribution in [2.45, 2.75) is 66.1 Å². The number of hydrogen-bond acceptors (Lipinski definition) is 3. The highest BCUT2D eigenvalue weighted by molar-refractivity contribution is 5.58. The molecule has 0 fully saturated rings. The van der Waals surface area contributed by atoms with Crippen LogP contribution in [-0.4, -0.2) is 23.4 Å². The lowest BCUT2D eigenvalue weighted by Crippen LogP contribution is -2.42. The van der Waals surface area contributed by atoms with E-state index in [1.54, 1.807) is 0 Å². The summed E-state index contributed by atoms with van der Waals surface area (Å²) in [5.41, 5.74) is 3.77. The normalized spacial score (nSPS) is 21.8. The summed E-state index contributed by atoms with van der Waals surface area (Å²) >= 11 is 0. The van der Waals surface area contributed by atoms with E-state index in [9.17, 15) is 5.11 Å². The number of aromatic hydroxyl groups is 1. The van der Waals surface area contributed by atoms with E-state index in [1.807, 2.05) is 34.6 Å². The topological polar surface area (TPSA) is 38.7 Å². The summed E-state index contributed by atoms with van der Waals surface area (Å²) in [6.07, 6.45) is 2.05. The maximum atomic E-state index is 10.2. The molecule has 1 N–H and O–H groups in total. The van der Waals surface area contributed by atoms with Gasteiger partial charge in [-0.1, -0.05) is 0 Å². The van der Waals surface area contributed by atoms with Gasteiger partial charge in [-0.05, 0) is 71.1 Å². The molecule has 3 heteroatoms. The minimum Gasteiger partial charge on any atom is -0.507 e. The summed E-state index contributed by atoms with van der Waals surface area (Å²) < 4.78 is 12.0. The van der Waals surface area contributed by atoms with E-state index in [0.29, 0.717) is 12.4 Å². The highest BCUT2D eigenvalue weighted by Gasteiger charge is 2.35. The molecule has 1 unspecified atom stereocenters. The first-order chi connectivity index (χ1) is 9.25. The first kappa shape index (κ1) is 15.2. The summed E-state index contributed by atoms with van der Waals surface area (Å²) in [6, 6.07) is 0. The second-order valence-electron chi connectivity index (χ2n) is 6.44. The van der Waals surface area contributed by atoms with Crippen LogP contribution >= 0.6 is 0 Å². The van der Waals surface area contributed by atoms with Gasteiger partial charge < -0.3 is 14.6 Å². The molecule has 0 saturated carbocycles. The molecule has 0 aliphatic carbocycles. The molecule has 1 heterocycles. The molecule has 1 atom stereocenters. The van der Waals surface area contributed by atoms with Crippen LogP contribution in [0, 0.1) is 20.8 Å². The number of ether oxygens (including phenoxy) is 2. The van der Waals surface area contributed by atoms with Crippen LogP contribution in [0.4, 0.5) is 0 Å². The third kappa shape index (κ3) is 2.64. The van der Waals surface area contributed by atoms with Crippen LogP contribution in [0.2, 0.25) is 0 Å². The number of benzene rings is 1. The summed E-state index contributed by atoms with van der Waals surface area (Å²) in [6.45, 7) is 12.7. The predicted molar refractivity (Wildman–Crippen MR) is 80.8 cm³/mol. The van der Waals surface area contributed by atoms with Crippen LogP contribution in [0.3, 0.4) is 0 Å². The molecule has 1 aliphatic heterocycles. The van der Waals surface area contributed by atoms with Gasteiger partial charge in [0.2, 0.25) is 0 Å².